The number of carbonyl (C=O) groups excluding carboxylic acids is 1. The zero-order valence-corrected chi connectivity index (χ0v) is 17.1. The summed E-state index contributed by atoms with van der Waals surface area (Å²) >= 11 is 6.23. The summed E-state index contributed by atoms with van der Waals surface area (Å²) in [5.41, 5.74) is 1.86. The van der Waals surface area contributed by atoms with Crippen molar-refractivity contribution in [3.63, 3.8) is 0 Å². The number of carbonyl (C=O) groups is 1. The van der Waals surface area contributed by atoms with Crippen LogP contribution in [0.5, 0.6) is 0 Å². The molecule has 0 unspecified atom stereocenters. The molecular formula is C18H17N3O3S3. The fourth-order valence-corrected chi connectivity index (χ4v) is 4.67. The van der Waals surface area contributed by atoms with Crippen LogP contribution in [0.3, 0.4) is 0 Å². The lowest BCUT2D eigenvalue weighted by atomic mass is 10.2. The number of nitrogens with one attached hydrogen (secondary N) is 1. The summed E-state index contributed by atoms with van der Waals surface area (Å²) in [5, 5.41) is 0.891. The first-order valence-electron chi connectivity index (χ1n) is 7.91. The molecule has 1 aliphatic rings. The lowest BCUT2D eigenvalue weighted by molar-refractivity contribution is -0.123. The Kier molecular flexibility index (Phi) is 5.66. The SMILES string of the molecule is CN(C)c1ccc(/C=C2\SC(=S)N(NS(=O)(=O)c3ccccc3)C2=O)cc1. The summed E-state index contributed by atoms with van der Waals surface area (Å²) in [6.07, 6.45) is 1.69. The highest BCUT2D eigenvalue weighted by molar-refractivity contribution is 8.26. The third kappa shape index (κ3) is 4.38. The van der Waals surface area contributed by atoms with Crippen molar-refractivity contribution < 1.29 is 13.2 Å². The van der Waals surface area contributed by atoms with Crippen molar-refractivity contribution in [1.82, 2.24) is 9.84 Å². The normalized spacial score (nSPS) is 16.2. The molecule has 1 N–H and O–H groups in total. The maximum Gasteiger partial charge on any atom is 0.281 e. The molecule has 2 aromatic carbocycles. The van der Waals surface area contributed by atoms with Crippen LogP contribution in [-0.2, 0) is 14.8 Å². The van der Waals surface area contributed by atoms with E-state index >= 15 is 0 Å². The predicted octanol–water partition coefficient (Wildman–Crippen LogP) is 2.85. The first-order chi connectivity index (χ1) is 12.8. The second-order valence-electron chi connectivity index (χ2n) is 5.91. The second-order valence-corrected chi connectivity index (χ2v) is 9.25. The van der Waals surface area contributed by atoms with Crippen LogP contribution in [0.1, 0.15) is 5.56 Å². The largest absolute Gasteiger partial charge is 0.378 e. The zero-order valence-electron chi connectivity index (χ0n) is 14.6. The molecule has 0 aliphatic carbocycles. The fraction of sp³-hybridized carbons (Fsp3) is 0.111. The van der Waals surface area contributed by atoms with Gasteiger partial charge in [-0.25, -0.2) is 13.4 Å². The molecule has 0 radical (unpaired) electrons. The van der Waals surface area contributed by atoms with E-state index < -0.39 is 15.9 Å². The average molecular weight is 420 g/mol. The summed E-state index contributed by atoms with van der Waals surface area (Å²) in [7, 11) is -0.0126. The molecule has 2 aromatic rings. The third-order valence-electron chi connectivity index (χ3n) is 3.77. The molecule has 0 saturated carbocycles. The van der Waals surface area contributed by atoms with Crippen molar-refractivity contribution >= 4 is 56.0 Å². The second kappa shape index (κ2) is 7.81. The van der Waals surface area contributed by atoms with Crippen LogP contribution in [0.25, 0.3) is 6.08 Å². The van der Waals surface area contributed by atoms with E-state index in [4.69, 9.17) is 12.2 Å². The Morgan fingerprint density at radius 1 is 1.07 bits per heavy atom. The maximum atomic E-state index is 12.6. The first kappa shape index (κ1) is 19.6. The van der Waals surface area contributed by atoms with Gasteiger partial charge < -0.3 is 4.90 Å². The molecule has 0 bridgehead atoms. The lowest BCUT2D eigenvalue weighted by Crippen LogP contribution is -2.44. The van der Waals surface area contributed by atoms with Crippen molar-refractivity contribution in [2.24, 2.45) is 0 Å². The third-order valence-corrected chi connectivity index (χ3v) is 6.38. The molecule has 1 saturated heterocycles. The number of rotatable bonds is 5. The van der Waals surface area contributed by atoms with E-state index in [1.54, 1.807) is 24.3 Å². The van der Waals surface area contributed by atoms with Crippen molar-refractivity contribution in [3.8, 4) is 0 Å². The highest BCUT2D eigenvalue weighted by Gasteiger charge is 2.35. The van der Waals surface area contributed by atoms with Crippen molar-refractivity contribution in [1.29, 1.82) is 0 Å². The molecule has 3 rings (SSSR count). The number of nitrogens with zero attached hydrogens (tertiary/aromatic N) is 2. The number of benzene rings is 2. The van der Waals surface area contributed by atoms with Gasteiger partial charge in [0, 0.05) is 19.8 Å². The topological polar surface area (TPSA) is 69.7 Å². The van der Waals surface area contributed by atoms with Crippen molar-refractivity contribution in [3.05, 3.63) is 65.1 Å². The van der Waals surface area contributed by atoms with Gasteiger partial charge in [-0.1, -0.05) is 54.3 Å². The van der Waals surface area contributed by atoms with E-state index in [2.05, 4.69) is 4.83 Å². The Labute approximate surface area is 167 Å². The Morgan fingerprint density at radius 2 is 1.70 bits per heavy atom. The number of sulfonamides is 1. The molecule has 0 atom stereocenters. The number of amides is 1. The highest BCUT2D eigenvalue weighted by Crippen LogP contribution is 2.32. The Hall–Kier alpha value is -2.20. The average Bonchev–Trinajstić information content (AvgIpc) is 2.90. The summed E-state index contributed by atoms with van der Waals surface area (Å²) in [6.45, 7) is 0. The van der Waals surface area contributed by atoms with Crippen LogP contribution < -0.4 is 9.73 Å². The lowest BCUT2D eigenvalue weighted by Gasteiger charge is -2.15. The van der Waals surface area contributed by atoms with E-state index in [9.17, 15) is 13.2 Å². The number of thiocarbonyl (C=S) groups is 1. The summed E-state index contributed by atoms with van der Waals surface area (Å²) in [6, 6.07) is 15.5. The molecule has 0 aromatic heterocycles. The summed E-state index contributed by atoms with van der Waals surface area (Å²) in [5.74, 6) is -0.499. The van der Waals surface area contributed by atoms with E-state index in [1.165, 1.54) is 12.1 Å². The van der Waals surface area contributed by atoms with Gasteiger partial charge in [0.05, 0.1) is 9.80 Å². The van der Waals surface area contributed by atoms with Gasteiger partial charge >= 0.3 is 0 Å². The minimum absolute atomic E-state index is 0.0577. The number of thioether (sulfide) groups is 1. The minimum atomic E-state index is -3.90. The van der Waals surface area contributed by atoms with Crippen LogP contribution in [0, 0.1) is 0 Å². The molecule has 1 amide bonds. The predicted molar refractivity (Wildman–Crippen MR) is 113 cm³/mol. The van der Waals surface area contributed by atoms with Gasteiger partial charge in [0.15, 0.2) is 4.32 Å². The van der Waals surface area contributed by atoms with Gasteiger partial charge in [0.1, 0.15) is 0 Å². The number of hydrogen-bond acceptors (Lipinski definition) is 6. The van der Waals surface area contributed by atoms with Gasteiger partial charge in [-0.15, -0.1) is 4.83 Å². The van der Waals surface area contributed by atoms with Crippen LogP contribution >= 0.6 is 24.0 Å². The van der Waals surface area contributed by atoms with Gasteiger partial charge in [0.25, 0.3) is 15.9 Å². The molecule has 6 nitrogen and oxygen atoms in total. The number of hydrazine groups is 1. The molecule has 1 heterocycles. The summed E-state index contributed by atoms with van der Waals surface area (Å²) < 4.78 is 25.0. The smallest absolute Gasteiger partial charge is 0.281 e. The number of anilines is 1. The minimum Gasteiger partial charge on any atom is -0.378 e. The highest BCUT2D eigenvalue weighted by atomic mass is 32.2. The molecule has 140 valence electrons. The molecule has 1 aliphatic heterocycles. The first-order valence-corrected chi connectivity index (χ1v) is 10.6. The zero-order chi connectivity index (χ0) is 19.6. The number of hydrogen-bond donors (Lipinski definition) is 1. The quantitative estimate of drug-likeness (QED) is 0.594. The van der Waals surface area contributed by atoms with E-state index in [0.717, 1.165) is 28.0 Å². The molecular weight excluding hydrogens is 402 g/mol. The standard InChI is InChI=1S/C18H17N3O3S3/c1-20(2)14-10-8-13(9-11-14)12-16-17(22)21(18(25)26-16)19-27(23,24)15-6-4-3-5-7-15/h3-12,19H,1-2H3/b16-12-. The van der Waals surface area contributed by atoms with Crippen LogP contribution in [0.2, 0.25) is 0 Å². The van der Waals surface area contributed by atoms with Crippen LogP contribution in [-0.4, -0.2) is 37.7 Å². The van der Waals surface area contributed by atoms with Crippen molar-refractivity contribution in [2.75, 3.05) is 19.0 Å². The van der Waals surface area contributed by atoms with Crippen LogP contribution in [0.15, 0.2) is 64.4 Å². The fourth-order valence-electron chi connectivity index (χ4n) is 2.34. The molecule has 0 spiro atoms. The van der Waals surface area contributed by atoms with Gasteiger partial charge in [-0.3, -0.25) is 4.79 Å². The Balaban J connectivity index is 1.81. The maximum absolute atomic E-state index is 12.6. The van der Waals surface area contributed by atoms with E-state index in [1.807, 2.05) is 43.3 Å². The Bertz CT molecular complexity index is 1000. The van der Waals surface area contributed by atoms with Crippen LogP contribution in [0.4, 0.5) is 5.69 Å². The van der Waals surface area contributed by atoms with E-state index in [-0.39, 0.29) is 9.22 Å². The van der Waals surface area contributed by atoms with E-state index in [0.29, 0.717) is 4.91 Å². The Morgan fingerprint density at radius 3 is 2.30 bits per heavy atom. The van der Waals surface area contributed by atoms with Gasteiger partial charge in [0.2, 0.25) is 0 Å². The monoisotopic (exact) mass is 419 g/mol. The molecule has 27 heavy (non-hydrogen) atoms. The van der Waals surface area contributed by atoms with Gasteiger partial charge in [-0.2, -0.15) is 0 Å². The van der Waals surface area contributed by atoms with Gasteiger partial charge in [-0.05, 0) is 35.9 Å². The van der Waals surface area contributed by atoms with Crippen molar-refractivity contribution in [2.45, 2.75) is 4.90 Å². The molecule has 1 fully saturated rings. The molecule has 9 heteroatoms. The summed E-state index contributed by atoms with van der Waals surface area (Å²) in [4.78, 5) is 17.3.